The zero-order valence-corrected chi connectivity index (χ0v) is 11.9. The van der Waals surface area contributed by atoms with Crippen molar-refractivity contribution in [3.05, 3.63) is 34.5 Å². The van der Waals surface area contributed by atoms with E-state index in [1.54, 1.807) is 0 Å². The number of aldehydes is 1. The molecule has 0 spiro atoms. The van der Waals surface area contributed by atoms with Crippen LogP contribution in [-0.4, -0.2) is 10.9 Å². The Balaban J connectivity index is 2.20. The van der Waals surface area contributed by atoms with Gasteiger partial charge in [-0.3, -0.25) is 4.79 Å². The number of benzene rings is 1. The quantitative estimate of drug-likeness (QED) is 0.713. The fraction of sp³-hybridized carbons (Fsp3) is 0.438. The molecule has 1 saturated carbocycles. The fourth-order valence-electron chi connectivity index (χ4n) is 3.30. The zero-order valence-electron chi connectivity index (χ0n) is 11.2. The molecule has 0 unspecified atom stereocenters. The average molecular weight is 276 g/mol. The maximum absolute atomic E-state index is 11.0. The second kappa shape index (κ2) is 5.01. The summed E-state index contributed by atoms with van der Waals surface area (Å²) in [5, 5.41) is 1.90. The molecule has 0 amide bonds. The number of nitrogens with zero attached hydrogens (tertiary/aromatic N) is 1. The van der Waals surface area contributed by atoms with Gasteiger partial charge in [0.05, 0.1) is 10.5 Å². The molecule has 2 nitrogen and oxygen atoms in total. The second-order valence-corrected chi connectivity index (χ2v) is 5.83. The first-order valence-corrected chi connectivity index (χ1v) is 7.35. The monoisotopic (exact) mass is 275 g/mol. The van der Waals surface area contributed by atoms with Crippen molar-refractivity contribution in [1.82, 2.24) is 4.57 Å². The highest BCUT2D eigenvalue weighted by Gasteiger charge is 2.21. The Bertz CT molecular complexity index is 623. The summed E-state index contributed by atoms with van der Waals surface area (Å²) in [5.74, 6) is 0. The normalized spacial score (nSPS) is 16.9. The Morgan fingerprint density at radius 2 is 2.00 bits per heavy atom. The van der Waals surface area contributed by atoms with E-state index in [2.05, 4.69) is 11.5 Å². The lowest BCUT2D eigenvalue weighted by molar-refractivity contribution is 0.112. The number of hydrogen-bond donors (Lipinski definition) is 0. The van der Waals surface area contributed by atoms with E-state index < -0.39 is 0 Å². The maximum atomic E-state index is 11.0. The van der Waals surface area contributed by atoms with Crippen molar-refractivity contribution in [2.24, 2.45) is 0 Å². The van der Waals surface area contributed by atoms with Crippen LogP contribution in [0.3, 0.4) is 0 Å². The molecule has 100 valence electrons. The summed E-state index contributed by atoms with van der Waals surface area (Å²) in [6, 6.07) is 6.31. The van der Waals surface area contributed by atoms with Gasteiger partial charge in [0.15, 0.2) is 0 Å². The lowest BCUT2D eigenvalue weighted by atomic mass is 9.95. The van der Waals surface area contributed by atoms with Crippen LogP contribution in [0.5, 0.6) is 0 Å². The molecule has 3 heteroatoms. The van der Waals surface area contributed by atoms with Gasteiger partial charge in [0.25, 0.3) is 0 Å². The molecular weight excluding hydrogens is 258 g/mol. The number of fused-ring (bicyclic) bond motifs is 1. The minimum absolute atomic E-state index is 0.533. The number of halogens is 1. The first kappa shape index (κ1) is 12.7. The lowest BCUT2D eigenvalue weighted by Gasteiger charge is -2.25. The van der Waals surface area contributed by atoms with E-state index in [1.165, 1.54) is 32.1 Å². The molecule has 0 saturated heterocycles. The second-order valence-electron chi connectivity index (χ2n) is 5.46. The van der Waals surface area contributed by atoms with Gasteiger partial charge in [0.2, 0.25) is 0 Å². The molecule has 2 aromatic rings. The summed E-state index contributed by atoms with van der Waals surface area (Å²) in [7, 11) is 0. The van der Waals surface area contributed by atoms with E-state index in [4.69, 9.17) is 11.6 Å². The van der Waals surface area contributed by atoms with Gasteiger partial charge in [-0.25, -0.2) is 0 Å². The summed E-state index contributed by atoms with van der Waals surface area (Å²) in [4.78, 5) is 11.0. The largest absolute Gasteiger partial charge is 0.340 e. The van der Waals surface area contributed by atoms with Crippen LogP contribution in [0.1, 0.15) is 54.2 Å². The minimum atomic E-state index is 0.533. The molecule has 1 aromatic carbocycles. The molecular formula is C16H18ClNO. The molecule has 1 aromatic heterocycles. The number of hydrogen-bond acceptors (Lipinski definition) is 1. The van der Waals surface area contributed by atoms with Crippen LogP contribution in [-0.2, 0) is 0 Å². The van der Waals surface area contributed by atoms with Gasteiger partial charge in [0.1, 0.15) is 6.29 Å². The maximum Gasteiger partial charge on any atom is 0.150 e. The topological polar surface area (TPSA) is 22.0 Å². The van der Waals surface area contributed by atoms with E-state index in [0.717, 1.165) is 33.5 Å². The average Bonchev–Trinajstić information content (AvgIpc) is 2.71. The molecule has 1 aliphatic rings. The highest BCUT2D eigenvalue weighted by molar-refractivity contribution is 6.36. The Kier molecular flexibility index (Phi) is 3.36. The van der Waals surface area contributed by atoms with Crippen LogP contribution in [0.25, 0.3) is 10.9 Å². The van der Waals surface area contributed by atoms with Crippen LogP contribution in [0.4, 0.5) is 0 Å². The van der Waals surface area contributed by atoms with E-state index in [1.807, 2.05) is 18.2 Å². The molecule has 0 aliphatic heterocycles. The van der Waals surface area contributed by atoms with Crippen LogP contribution < -0.4 is 0 Å². The summed E-state index contributed by atoms with van der Waals surface area (Å²) in [6.07, 6.45) is 7.24. The zero-order chi connectivity index (χ0) is 13.4. The minimum Gasteiger partial charge on any atom is -0.340 e. The van der Waals surface area contributed by atoms with Gasteiger partial charge in [0, 0.05) is 22.7 Å². The molecule has 19 heavy (non-hydrogen) atoms. The summed E-state index contributed by atoms with van der Waals surface area (Å²) in [5.41, 5.74) is 2.96. The van der Waals surface area contributed by atoms with Crippen molar-refractivity contribution in [3.8, 4) is 0 Å². The third kappa shape index (κ3) is 2.08. The van der Waals surface area contributed by atoms with Gasteiger partial charge < -0.3 is 4.57 Å². The Morgan fingerprint density at radius 3 is 2.68 bits per heavy atom. The fourth-order valence-corrected chi connectivity index (χ4v) is 3.55. The van der Waals surface area contributed by atoms with Crippen molar-refractivity contribution in [2.45, 2.75) is 45.1 Å². The summed E-state index contributed by atoms with van der Waals surface area (Å²) >= 11 is 6.45. The standard InChI is InChI=1S/C16H18ClNO/c1-11-16(17)14-8-7-12(10-19)9-15(14)18(11)13-5-3-2-4-6-13/h7-10,13H,2-6H2,1H3. The highest BCUT2D eigenvalue weighted by atomic mass is 35.5. The molecule has 0 bridgehead atoms. The predicted octanol–water partition coefficient (Wildman–Crippen LogP) is 4.92. The molecule has 0 radical (unpaired) electrons. The number of aromatic nitrogens is 1. The van der Waals surface area contributed by atoms with Crippen LogP contribution in [0.2, 0.25) is 5.02 Å². The Hall–Kier alpha value is -1.28. The molecule has 3 rings (SSSR count). The first-order valence-electron chi connectivity index (χ1n) is 6.97. The molecule has 0 atom stereocenters. The summed E-state index contributed by atoms with van der Waals surface area (Å²) < 4.78 is 2.35. The molecule has 1 fully saturated rings. The smallest absolute Gasteiger partial charge is 0.150 e. The lowest BCUT2D eigenvalue weighted by Crippen LogP contribution is -2.13. The Labute approximate surface area is 118 Å². The van der Waals surface area contributed by atoms with Crippen molar-refractivity contribution >= 4 is 28.8 Å². The first-order chi connectivity index (χ1) is 9.22. The van der Waals surface area contributed by atoms with Crippen molar-refractivity contribution < 1.29 is 4.79 Å². The highest BCUT2D eigenvalue weighted by Crippen LogP contribution is 2.38. The Morgan fingerprint density at radius 1 is 1.26 bits per heavy atom. The van der Waals surface area contributed by atoms with Gasteiger partial charge in [-0.2, -0.15) is 0 Å². The third-order valence-electron chi connectivity index (χ3n) is 4.27. The van der Waals surface area contributed by atoms with Crippen molar-refractivity contribution in [2.75, 3.05) is 0 Å². The van der Waals surface area contributed by atoms with E-state index in [9.17, 15) is 4.79 Å². The van der Waals surface area contributed by atoms with Crippen LogP contribution in [0, 0.1) is 6.92 Å². The number of carbonyl (C=O) groups is 1. The van der Waals surface area contributed by atoms with Gasteiger partial charge in [-0.15, -0.1) is 0 Å². The van der Waals surface area contributed by atoms with Gasteiger partial charge in [-0.05, 0) is 25.8 Å². The SMILES string of the molecule is Cc1c(Cl)c2ccc(C=O)cc2n1C1CCCCC1. The van der Waals surface area contributed by atoms with Crippen molar-refractivity contribution in [1.29, 1.82) is 0 Å². The third-order valence-corrected chi connectivity index (χ3v) is 4.75. The van der Waals surface area contributed by atoms with Gasteiger partial charge >= 0.3 is 0 Å². The predicted molar refractivity (Wildman–Crippen MR) is 79.2 cm³/mol. The molecule has 0 N–H and O–H groups in total. The number of carbonyl (C=O) groups excluding carboxylic acids is 1. The van der Waals surface area contributed by atoms with Crippen LogP contribution >= 0.6 is 11.6 Å². The van der Waals surface area contributed by atoms with Gasteiger partial charge in [-0.1, -0.05) is 43.0 Å². The van der Waals surface area contributed by atoms with E-state index in [-0.39, 0.29) is 0 Å². The van der Waals surface area contributed by atoms with E-state index in [0.29, 0.717) is 6.04 Å². The van der Waals surface area contributed by atoms with Crippen LogP contribution in [0.15, 0.2) is 18.2 Å². The molecule has 1 aliphatic carbocycles. The van der Waals surface area contributed by atoms with Crippen molar-refractivity contribution in [3.63, 3.8) is 0 Å². The van der Waals surface area contributed by atoms with E-state index >= 15 is 0 Å². The molecule has 1 heterocycles. The summed E-state index contributed by atoms with van der Waals surface area (Å²) in [6.45, 7) is 2.08. The number of rotatable bonds is 2.